The van der Waals surface area contributed by atoms with Gasteiger partial charge in [0.2, 0.25) is 0 Å². The Kier molecular flexibility index (Phi) is 2.38. The van der Waals surface area contributed by atoms with E-state index in [2.05, 4.69) is 17.9 Å². The summed E-state index contributed by atoms with van der Waals surface area (Å²) in [5.41, 5.74) is 2.11. The lowest BCUT2D eigenvalue weighted by Crippen LogP contribution is -2.36. The smallest absolute Gasteiger partial charge is 0.180 e. The van der Waals surface area contributed by atoms with Gasteiger partial charge in [0.15, 0.2) is 5.78 Å². The quantitative estimate of drug-likeness (QED) is 0.706. The number of fused-ring (bicyclic) bond motifs is 1. The Labute approximate surface area is 84.5 Å². The predicted molar refractivity (Wildman–Crippen MR) is 56.6 cm³/mol. The van der Waals surface area contributed by atoms with E-state index in [-0.39, 0.29) is 11.8 Å². The SMILES string of the molecule is CCN(C)C1Cc2ccccc2C1=O. The first-order valence-electron chi connectivity index (χ1n) is 5.06. The van der Waals surface area contributed by atoms with Crippen molar-refractivity contribution in [2.45, 2.75) is 19.4 Å². The molecule has 0 amide bonds. The van der Waals surface area contributed by atoms with Gasteiger partial charge in [-0.05, 0) is 25.6 Å². The van der Waals surface area contributed by atoms with Crippen molar-refractivity contribution < 1.29 is 4.79 Å². The highest BCUT2D eigenvalue weighted by molar-refractivity contribution is 6.04. The van der Waals surface area contributed by atoms with Gasteiger partial charge in [0, 0.05) is 5.56 Å². The summed E-state index contributed by atoms with van der Waals surface area (Å²) >= 11 is 0. The van der Waals surface area contributed by atoms with E-state index >= 15 is 0 Å². The van der Waals surface area contributed by atoms with Gasteiger partial charge in [0.05, 0.1) is 6.04 Å². The fraction of sp³-hybridized carbons (Fsp3) is 0.417. The van der Waals surface area contributed by atoms with Gasteiger partial charge in [-0.25, -0.2) is 0 Å². The van der Waals surface area contributed by atoms with Crippen LogP contribution in [0.25, 0.3) is 0 Å². The van der Waals surface area contributed by atoms with E-state index in [1.807, 2.05) is 25.2 Å². The number of rotatable bonds is 2. The van der Waals surface area contributed by atoms with Gasteiger partial charge in [-0.3, -0.25) is 9.69 Å². The van der Waals surface area contributed by atoms with E-state index in [0.29, 0.717) is 0 Å². The molecule has 2 nitrogen and oxygen atoms in total. The van der Waals surface area contributed by atoms with Crippen LogP contribution in [0.2, 0.25) is 0 Å². The van der Waals surface area contributed by atoms with Crippen LogP contribution in [0.15, 0.2) is 24.3 Å². The standard InChI is InChI=1S/C12H15NO/c1-3-13(2)11-8-9-6-4-5-7-10(9)12(11)14/h4-7,11H,3,8H2,1-2H3. The zero-order valence-electron chi connectivity index (χ0n) is 8.66. The van der Waals surface area contributed by atoms with E-state index < -0.39 is 0 Å². The fourth-order valence-electron chi connectivity index (χ4n) is 2.00. The van der Waals surface area contributed by atoms with Gasteiger partial charge in [-0.1, -0.05) is 31.2 Å². The molecule has 1 aromatic carbocycles. The van der Waals surface area contributed by atoms with Crippen molar-refractivity contribution in [1.29, 1.82) is 0 Å². The van der Waals surface area contributed by atoms with Crippen LogP contribution in [0, 0.1) is 0 Å². The summed E-state index contributed by atoms with van der Waals surface area (Å²) in [6.45, 7) is 3.00. The highest BCUT2D eigenvalue weighted by Gasteiger charge is 2.31. The number of hydrogen-bond donors (Lipinski definition) is 0. The maximum absolute atomic E-state index is 12.0. The van der Waals surface area contributed by atoms with E-state index in [4.69, 9.17) is 0 Å². The van der Waals surface area contributed by atoms with Crippen molar-refractivity contribution in [3.8, 4) is 0 Å². The van der Waals surface area contributed by atoms with Crippen LogP contribution in [0.1, 0.15) is 22.8 Å². The molecule has 0 bridgehead atoms. The molecule has 74 valence electrons. The van der Waals surface area contributed by atoms with Crippen molar-refractivity contribution in [2.24, 2.45) is 0 Å². The summed E-state index contributed by atoms with van der Waals surface area (Å²) in [5, 5.41) is 0. The predicted octanol–water partition coefficient (Wildman–Crippen LogP) is 1.75. The second-order valence-electron chi connectivity index (χ2n) is 3.81. The van der Waals surface area contributed by atoms with Crippen LogP contribution >= 0.6 is 0 Å². The normalized spacial score (nSPS) is 20.2. The summed E-state index contributed by atoms with van der Waals surface area (Å²) in [6, 6.07) is 7.99. The summed E-state index contributed by atoms with van der Waals surface area (Å²) in [4.78, 5) is 14.1. The minimum atomic E-state index is 0.0670. The molecule has 2 heteroatoms. The Morgan fingerprint density at radius 2 is 2.14 bits per heavy atom. The highest BCUT2D eigenvalue weighted by atomic mass is 16.1. The minimum Gasteiger partial charge on any atom is -0.296 e. The van der Waals surface area contributed by atoms with Crippen LogP contribution in [0.5, 0.6) is 0 Å². The number of hydrogen-bond acceptors (Lipinski definition) is 2. The van der Waals surface area contributed by atoms with Crippen molar-refractivity contribution >= 4 is 5.78 Å². The third kappa shape index (κ3) is 1.36. The molecule has 1 aliphatic rings. The lowest BCUT2D eigenvalue weighted by atomic mass is 10.1. The van der Waals surface area contributed by atoms with E-state index in [1.165, 1.54) is 5.56 Å². The number of carbonyl (C=O) groups is 1. The van der Waals surface area contributed by atoms with Crippen LogP contribution in [0.3, 0.4) is 0 Å². The molecular weight excluding hydrogens is 174 g/mol. The summed E-state index contributed by atoms with van der Waals surface area (Å²) in [7, 11) is 2.01. The summed E-state index contributed by atoms with van der Waals surface area (Å²) in [5.74, 6) is 0.282. The topological polar surface area (TPSA) is 20.3 Å². The molecule has 1 unspecified atom stereocenters. The zero-order chi connectivity index (χ0) is 10.1. The maximum atomic E-state index is 12.0. The molecule has 1 atom stereocenters. The lowest BCUT2D eigenvalue weighted by molar-refractivity contribution is 0.0879. The number of likely N-dealkylation sites (N-methyl/N-ethyl adjacent to an activating group) is 1. The van der Waals surface area contributed by atoms with Crippen molar-refractivity contribution in [3.05, 3.63) is 35.4 Å². The first-order chi connectivity index (χ1) is 6.74. The van der Waals surface area contributed by atoms with Crippen LogP contribution in [-0.2, 0) is 6.42 Å². The first kappa shape index (κ1) is 9.41. The molecular formula is C12H15NO. The van der Waals surface area contributed by atoms with E-state index in [9.17, 15) is 4.79 Å². The monoisotopic (exact) mass is 189 g/mol. The van der Waals surface area contributed by atoms with Crippen LogP contribution in [-0.4, -0.2) is 30.3 Å². The van der Waals surface area contributed by atoms with Gasteiger partial charge in [-0.15, -0.1) is 0 Å². The Balaban J connectivity index is 2.30. The molecule has 0 N–H and O–H groups in total. The van der Waals surface area contributed by atoms with Crippen molar-refractivity contribution in [2.75, 3.05) is 13.6 Å². The molecule has 0 aromatic heterocycles. The third-order valence-electron chi connectivity index (χ3n) is 3.03. The lowest BCUT2D eigenvalue weighted by Gasteiger charge is -2.20. The Morgan fingerprint density at radius 3 is 2.79 bits per heavy atom. The Morgan fingerprint density at radius 1 is 1.43 bits per heavy atom. The molecule has 0 spiro atoms. The van der Waals surface area contributed by atoms with Crippen LogP contribution in [0.4, 0.5) is 0 Å². The first-order valence-corrected chi connectivity index (χ1v) is 5.06. The van der Waals surface area contributed by atoms with Gasteiger partial charge in [-0.2, -0.15) is 0 Å². The fourth-order valence-corrected chi connectivity index (χ4v) is 2.00. The number of benzene rings is 1. The van der Waals surface area contributed by atoms with Crippen molar-refractivity contribution in [3.63, 3.8) is 0 Å². The van der Waals surface area contributed by atoms with Gasteiger partial charge >= 0.3 is 0 Å². The zero-order valence-corrected chi connectivity index (χ0v) is 8.66. The highest BCUT2D eigenvalue weighted by Crippen LogP contribution is 2.24. The minimum absolute atomic E-state index is 0.0670. The Bertz CT molecular complexity index is 359. The molecule has 0 saturated carbocycles. The number of ketones is 1. The number of nitrogens with zero attached hydrogens (tertiary/aromatic N) is 1. The average Bonchev–Trinajstić information content (AvgIpc) is 2.56. The molecule has 0 saturated heterocycles. The molecule has 2 rings (SSSR count). The molecule has 1 aliphatic carbocycles. The molecule has 14 heavy (non-hydrogen) atoms. The van der Waals surface area contributed by atoms with Crippen LogP contribution < -0.4 is 0 Å². The maximum Gasteiger partial charge on any atom is 0.180 e. The summed E-state index contributed by atoms with van der Waals surface area (Å²) < 4.78 is 0. The van der Waals surface area contributed by atoms with Gasteiger partial charge < -0.3 is 0 Å². The molecule has 0 aliphatic heterocycles. The third-order valence-corrected chi connectivity index (χ3v) is 3.03. The van der Waals surface area contributed by atoms with E-state index in [1.54, 1.807) is 0 Å². The largest absolute Gasteiger partial charge is 0.296 e. The molecule has 1 aromatic rings. The number of Topliss-reactive ketones (excluding diaryl/α,β-unsaturated/α-hetero) is 1. The summed E-state index contributed by atoms with van der Waals surface area (Å²) in [6.07, 6.45) is 0.874. The number of carbonyl (C=O) groups excluding carboxylic acids is 1. The molecule has 0 radical (unpaired) electrons. The van der Waals surface area contributed by atoms with Gasteiger partial charge in [0.25, 0.3) is 0 Å². The molecule has 0 fully saturated rings. The van der Waals surface area contributed by atoms with Crippen molar-refractivity contribution in [1.82, 2.24) is 4.90 Å². The average molecular weight is 189 g/mol. The second-order valence-corrected chi connectivity index (χ2v) is 3.81. The molecule has 0 heterocycles. The second kappa shape index (κ2) is 3.54. The van der Waals surface area contributed by atoms with E-state index in [0.717, 1.165) is 18.5 Å². The van der Waals surface area contributed by atoms with Gasteiger partial charge in [0.1, 0.15) is 0 Å². The Hall–Kier alpha value is -1.15.